The Morgan fingerprint density at radius 2 is 2.06 bits per heavy atom. The minimum atomic E-state index is -0.468. The lowest BCUT2D eigenvalue weighted by Crippen LogP contribution is -2.25. The van der Waals surface area contributed by atoms with Gasteiger partial charge in [0.1, 0.15) is 11.6 Å². The number of anilines is 2. The van der Waals surface area contributed by atoms with E-state index in [0.717, 1.165) is 6.42 Å². The molecule has 1 rings (SSSR count). The average Bonchev–Trinajstić information content (AvgIpc) is 2.34. The first-order valence-electron chi connectivity index (χ1n) is 5.87. The number of nitrogens with one attached hydrogen (secondary N) is 2. The molecule has 100 valence electrons. The SMILES string of the molecule is CCC(Nc1cc([N+](=O)[O-])cc(NN)n1)C(C)C. The van der Waals surface area contributed by atoms with Gasteiger partial charge < -0.3 is 10.7 Å². The summed E-state index contributed by atoms with van der Waals surface area (Å²) < 4.78 is 0. The van der Waals surface area contributed by atoms with Crippen LogP contribution in [0, 0.1) is 16.0 Å². The number of hydrogen-bond acceptors (Lipinski definition) is 6. The predicted octanol–water partition coefficient (Wildman–Crippen LogP) is 2.12. The van der Waals surface area contributed by atoms with Crippen LogP contribution in [0.1, 0.15) is 27.2 Å². The molecule has 1 aromatic rings. The van der Waals surface area contributed by atoms with Gasteiger partial charge in [0.25, 0.3) is 5.69 Å². The molecule has 0 radical (unpaired) electrons. The summed E-state index contributed by atoms with van der Waals surface area (Å²) in [6, 6.07) is 2.91. The maximum Gasteiger partial charge on any atom is 0.276 e. The molecule has 0 saturated heterocycles. The van der Waals surface area contributed by atoms with E-state index in [1.807, 2.05) is 0 Å². The third-order valence-electron chi connectivity index (χ3n) is 2.75. The molecule has 7 heteroatoms. The Morgan fingerprint density at radius 1 is 1.44 bits per heavy atom. The Bertz CT molecular complexity index is 422. The molecule has 0 aliphatic rings. The summed E-state index contributed by atoms with van der Waals surface area (Å²) in [5.74, 6) is 6.38. The highest BCUT2D eigenvalue weighted by Crippen LogP contribution is 2.22. The molecule has 0 bridgehead atoms. The van der Waals surface area contributed by atoms with Crippen molar-refractivity contribution in [2.24, 2.45) is 11.8 Å². The third-order valence-corrected chi connectivity index (χ3v) is 2.75. The molecule has 0 fully saturated rings. The molecule has 4 N–H and O–H groups in total. The summed E-state index contributed by atoms with van der Waals surface area (Å²) >= 11 is 0. The lowest BCUT2D eigenvalue weighted by Gasteiger charge is -2.21. The zero-order valence-electron chi connectivity index (χ0n) is 10.8. The second-order valence-electron chi connectivity index (χ2n) is 4.40. The van der Waals surface area contributed by atoms with Crippen molar-refractivity contribution >= 4 is 17.3 Å². The van der Waals surface area contributed by atoms with E-state index in [4.69, 9.17) is 5.84 Å². The number of hydrazine groups is 1. The van der Waals surface area contributed by atoms with Gasteiger partial charge in [-0.3, -0.25) is 10.1 Å². The minimum absolute atomic E-state index is 0.0425. The Hall–Kier alpha value is -1.89. The van der Waals surface area contributed by atoms with E-state index in [9.17, 15) is 10.1 Å². The number of aromatic nitrogens is 1. The van der Waals surface area contributed by atoms with Crippen LogP contribution >= 0.6 is 0 Å². The summed E-state index contributed by atoms with van der Waals surface area (Å²) in [7, 11) is 0. The molecular formula is C11H19N5O2. The van der Waals surface area contributed by atoms with Crippen molar-refractivity contribution in [3.63, 3.8) is 0 Å². The van der Waals surface area contributed by atoms with Crippen molar-refractivity contribution in [2.75, 3.05) is 10.7 Å². The molecule has 0 saturated carbocycles. The summed E-state index contributed by atoms with van der Waals surface area (Å²) in [5, 5.41) is 14.0. The number of nitrogens with zero attached hydrogens (tertiary/aromatic N) is 2. The monoisotopic (exact) mass is 253 g/mol. The van der Waals surface area contributed by atoms with Gasteiger partial charge in [0.05, 0.1) is 17.1 Å². The fourth-order valence-corrected chi connectivity index (χ4v) is 1.70. The van der Waals surface area contributed by atoms with Crippen LogP contribution in [-0.2, 0) is 0 Å². The zero-order valence-corrected chi connectivity index (χ0v) is 10.8. The van der Waals surface area contributed by atoms with Crippen LogP contribution in [0.25, 0.3) is 0 Å². The number of rotatable bonds is 6. The van der Waals surface area contributed by atoms with Crippen LogP contribution in [0.4, 0.5) is 17.3 Å². The fraction of sp³-hybridized carbons (Fsp3) is 0.545. The number of hydrogen-bond donors (Lipinski definition) is 3. The van der Waals surface area contributed by atoms with E-state index in [1.165, 1.54) is 12.1 Å². The summed E-state index contributed by atoms with van der Waals surface area (Å²) in [4.78, 5) is 14.5. The van der Waals surface area contributed by atoms with Crippen LogP contribution in [0.15, 0.2) is 12.1 Å². The Balaban J connectivity index is 3.00. The normalized spacial score (nSPS) is 12.3. The van der Waals surface area contributed by atoms with E-state index >= 15 is 0 Å². The number of nitrogens with two attached hydrogens (primary N) is 1. The zero-order chi connectivity index (χ0) is 13.7. The quantitative estimate of drug-likeness (QED) is 0.407. The highest BCUT2D eigenvalue weighted by Gasteiger charge is 2.15. The Labute approximate surface area is 106 Å². The van der Waals surface area contributed by atoms with E-state index < -0.39 is 4.92 Å². The van der Waals surface area contributed by atoms with Crippen molar-refractivity contribution in [2.45, 2.75) is 33.2 Å². The highest BCUT2D eigenvalue weighted by atomic mass is 16.6. The van der Waals surface area contributed by atoms with E-state index in [-0.39, 0.29) is 17.5 Å². The van der Waals surface area contributed by atoms with Gasteiger partial charge in [-0.2, -0.15) is 0 Å². The van der Waals surface area contributed by atoms with Crippen molar-refractivity contribution in [3.8, 4) is 0 Å². The molecule has 1 atom stereocenters. The Kier molecular flexibility index (Phi) is 4.85. The van der Waals surface area contributed by atoms with Gasteiger partial charge in [-0.15, -0.1) is 0 Å². The van der Waals surface area contributed by atoms with Crippen LogP contribution in [-0.4, -0.2) is 15.9 Å². The van der Waals surface area contributed by atoms with Crippen LogP contribution in [0.2, 0.25) is 0 Å². The van der Waals surface area contributed by atoms with Gasteiger partial charge in [-0.1, -0.05) is 20.8 Å². The van der Waals surface area contributed by atoms with Crippen molar-refractivity contribution < 1.29 is 4.92 Å². The van der Waals surface area contributed by atoms with Gasteiger partial charge in [-0.25, -0.2) is 10.8 Å². The van der Waals surface area contributed by atoms with Crippen molar-refractivity contribution in [1.82, 2.24) is 4.98 Å². The largest absolute Gasteiger partial charge is 0.367 e. The Morgan fingerprint density at radius 3 is 2.50 bits per heavy atom. The lowest BCUT2D eigenvalue weighted by atomic mass is 10.0. The van der Waals surface area contributed by atoms with E-state index in [2.05, 4.69) is 36.5 Å². The number of nitro groups is 1. The number of nitrogen functional groups attached to an aromatic ring is 1. The molecule has 0 aromatic carbocycles. The molecule has 18 heavy (non-hydrogen) atoms. The first kappa shape index (κ1) is 14.2. The van der Waals surface area contributed by atoms with E-state index in [1.54, 1.807) is 0 Å². The molecule has 0 aliphatic heterocycles. The van der Waals surface area contributed by atoms with Gasteiger partial charge in [0.15, 0.2) is 0 Å². The molecule has 7 nitrogen and oxygen atoms in total. The molecule has 0 spiro atoms. The van der Waals surface area contributed by atoms with E-state index in [0.29, 0.717) is 11.7 Å². The van der Waals surface area contributed by atoms with Crippen LogP contribution < -0.4 is 16.6 Å². The maximum atomic E-state index is 10.8. The van der Waals surface area contributed by atoms with Crippen LogP contribution in [0.3, 0.4) is 0 Å². The number of pyridine rings is 1. The van der Waals surface area contributed by atoms with Gasteiger partial charge in [-0.05, 0) is 12.3 Å². The average molecular weight is 253 g/mol. The summed E-state index contributed by atoms with van der Waals surface area (Å²) in [6.45, 7) is 6.22. The summed E-state index contributed by atoms with van der Waals surface area (Å²) in [5.41, 5.74) is 2.29. The molecule has 1 heterocycles. The molecule has 1 aromatic heterocycles. The molecular weight excluding hydrogens is 234 g/mol. The van der Waals surface area contributed by atoms with Crippen molar-refractivity contribution in [1.29, 1.82) is 0 Å². The molecule has 0 aliphatic carbocycles. The van der Waals surface area contributed by atoms with Gasteiger partial charge in [0, 0.05) is 6.04 Å². The molecule has 0 amide bonds. The highest BCUT2D eigenvalue weighted by molar-refractivity contribution is 5.54. The van der Waals surface area contributed by atoms with Gasteiger partial charge in [0.2, 0.25) is 0 Å². The topological polar surface area (TPSA) is 106 Å². The third kappa shape index (κ3) is 3.56. The fourth-order valence-electron chi connectivity index (χ4n) is 1.70. The van der Waals surface area contributed by atoms with Crippen LogP contribution in [0.5, 0.6) is 0 Å². The molecule has 1 unspecified atom stereocenters. The van der Waals surface area contributed by atoms with Gasteiger partial charge >= 0.3 is 0 Å². The second kappa shape index (κ2) is 6.15. The second-order valence-corrected chi connectivity index (χ2v) is 4.40. The van der Waals surface area contributed by atoms with Crippen molar-refractivity contribution in [3.05, 3.63) is 22.2 Å². The smallest absolute Gasteiger partial charge is 0.276 e. The standard InChI is InChI=1S/C11H19N5O2/c1-4-9(7(2)3)13-10-5-8(16(17)18)6-11(14-10)15-12/h5-7,9H,4,12H2,1-3H3,(H2,13,14,15). The lowest BCUT2D eigenvalue weighted by molar-refractivity contribution is -0.384. The first-order valence-corrected chi connectivity index (χ1v) is 5.87. The first-order chi connectivity index (χ1) is 8.47. The predicted molar refractivity (Wildman–Crippen MR) is 71.2 cm³/mol. The maximum absolute atomic E-state index is 10.8. The minimum Gasteiger partial charge on any atom is -0.367 e. The summed E-state index contributed by atoms with van der Waals surface area (Å²) in [6.07, 6.45) is 0.910.